The molecule has 2 aliphatic heterocycles. The number of hydrogen-bond acceptors (Lipinski definition) is 3. The number of allylic oxidation sites excluding steroid dienone is 4. The molecule has 6 aromatic carbocycles. The van der Waals surface area contributed by atoms with Crippen molar-refractivity contribution in [1.29, 1.82) is 0 Å². The Morgan fingerprint density at radius 1 is 0.527 bits per heavy atom. The van der Waals surface area contributed by atoms with Crippen LogP contribution in [0.25, 0.3) is 33.5 Å². The van der Waals surface area contributed by atoms with E-state index < -0.39 is 0 Å². The van der Waals surface area contributed by atoms with Crippen molar-refractivity contribution in [2.45, 2.75) is 47.0 Å². The third kappa shape index (κ3) is 6.95. The fourth-order valence-corrected chi connectivity index (χ4v) is 10.3. The number of hydrogen-bond donors (Lipinski definition) is 2. The van der Waals surface area contributed by atoms with Crippen LogP contribution in [-0.4, -0.2) is 11.3 Å². The van der Waals surface area contributed by atoms with E-state index in [1.807, 2.05) is 11.8 Å². The molecule has 4 aliphatic rings. The van der Waals surface area contributed by atoms with Crippen LogP contribution >= 0.6 is 11.8 Å². The van der Waals surface area contributed by atoms with E-state index in [-0.39, 0.29) is 12.2 Å². The molecule has 268 valence electrons. The minimum absolute atomic E-state index is 0.0239. The Morgan fingerprint density at radius 3 is 1.85 bits per heavy atom. The number of fused-ring (bicyclic) bond motifs is 3. The van der Waals surface area contributed by atoms with Crippen LogP contribution in [0.15, 0.2) is 199 Å². The topological polar surface area (TPSA) is 24.1 Å². The predicted molar refractivity (Wildman–Crippen MR) is 232 cm³/mol. The first-order chi connectivity index (χ1) is 27.2. The zero-order chi connectivity index (χ0) is 36.6. The van der Waals surface area contributed by atoms with E-state index in [0.29, 0.717) is 23.0 Å². The van der Waals surface area contributed by atoms with Crippen LogP contribution in [0.4, 0.5) is 0 Å². The average molecular weight is 729 g/mol. The second-order valence-electron chi connectivity index (χ2n) is 15.3. The zero-order valence-corrected chi connectivity index (χ0v) is 31.6. The minimum Gasteiger partial charge on any atom is -0.366 e. The molecule has 2 nitrogen and oxygen atoms in total. The Hall–Kier alpha value is -5.61. The molecule has 0 radical (unpaired) electrons. The quantitative estimate of drug-likeness (QED) is 0.160. The van der Waals surface area contributed by atoms with Crippen molar-refractivity contribution >= 4 is 23.0 Å². The van der Waals surface area contributed by atoms with Crippen molar-refractivity contribution in [3.8, 4) is 22.3 Å². The molecule has 6 unspecified atom stereocenters. The van der Waals surface area contributed by atoms with Gasteiger partial charge in [-0.15, -0.1) is 11.8 Å². The van der Waals surface area contributed by atoms with Gasteiger partial charge in [0.05, 0.1) is 0 Å². The van der Waals surface area contributed by atoms with Gasteiger partial charge in [0.25, 0.3) is 0 Å². The van der Waals surface area contributed by atoms with E-state index in [1.165, 1.54) is 72.7 Å². The fraction of sp³-hybridized carbons (Fsp3) is 0.154. The minimum atomic E-state index is 0.0239. The van der Waals surface area contributed by atoms with Crippen molar-refractivity contribution in [3.05, 3.63) is 222 Å². The van der Waals surface area contributed by atoms with Gasteiger partial charge in [-0.3, -0.25) is 5.32 Å². The van der Waals surface area contributed by atoms with E-state index in [4.69, 9.17) is 0 Å². The maximum atomic E-state index is 3.92. The maximum Gasteiger partial charge on any atom is 0.104 e. The summed E-state index contributed by atoms with van der Waals surface area (Å²) in [7, 11) is 0. The molecular weight excluding hydrogens is 685 g/mol. The van der Waals surface area contributed by atoms with E-state index in [0.717, 1.165) is 6.42 Å². The van der Waals surface area contributed by atoms with Crippen molar-refractivity contribution in [2.75, 3.05) is 0 Å². The van der Waals surface area contributed by atoms with Crippen LogP contribution in [0.5, 0.6) is 0 Å². The van der Waals surface area contributed by atoms with E-state index in [2.05, 4.69) is 205 Å². The maximum absolute atomic E-state index is 3.92. The normalized spacial score (nSPS) is 23.9. The van der Waals surface area contributed by atoms with Gasteiger partial charge in [-0.05, 0) is 86.5 Å². The molecule has 6 aromatic rings. The molecule has 0 saturated carbocycles. The Balaban J connectivity index is 0.822. The summed E-state index contributed by atoms with van der Waals surface area (Å²) in [5.74, 6) is 1.43. The second-order valence-corrected chi connectivity index (χ2v) is 16.5. The lowest BCUT2D eigenvalue weighted by Gasteiger charge is -2.36. The summed E-state index contributed by atoms with van der Waals surface area (Å²) in [6.45, 7) is 0. The largest absolute Gasteiger partial charge is 0.366 e. The molecule has 0 spiro atoms. The highest BCUT2D eigenvalue weighted by molar-refractivity contribution is 8.00. The molecule has 0 fully saturated rings. The second kappa shape index (κ2) is 14.9. The molecule has 2 heterocycles. The summed E-state index contributed by atoms with van der Waals surface area (Å²) in [6, 6.07) is 57.9. The van der Waals surface area contributed by atoms with Crippen LogP contribution in [-0.2, 0) is 0 Å². The first-order valence-corrected chi connectivity index (χ1v) is 20.6. The first-order valence-electron chi connectivity index (χ1n) is 19.7. The molecule has 0 amide bonds. The van der Waals surface area contributed by atoms with Crippen LogP contribution in [0.1, 0.15) is 58.7 Å². The molecule has 55 heavy (non-hydrogen) atoms. The molecule has 10 rings (SSSR count). The monoisotopic (exact) mass is 728 g/mol. The van der Waals surface area contributed by atoms with Crippen molar-refractivity contribution in [1.82, 2.24) is 10.6 Å². The van der Waals surface area contributed by atoms with Crippen LogP contribution in [0.2, 0.25) is 0 Å². The van der Waals surface area contributed by atoms with Gasteiger partial charge >= 0.3 is 0 Å². The summed E-state index contributed by atoms with van der Waals surface area (Å²) >= 11 is 2.03. The van der Waals surface area contributed by atoms with Gasteiger partial charge in [-0.25, -0.2) is 0 Å². The fourth-order valence-electron chi connectivity index (χ4n) is 8.86. The van der Waals surface area contributed by atoms with Gasteiger partial charge < -0.3 is 5.32 Å². The lowest BCUT2D eigenvalue weighted by atomic mass is 9.79. The molecule has 2 N–H and O–H groups in total. The third-order valence-electron chi connectivity index (χ3n) is 11.9. The number of nitrogens with one attached hydrogen (secondary N) is 2. The average Bonchev–Trinajstić information content (AvgIpc) is 3.65. The van der Waals surface area contributed by atoms with E-state index in [1.54, 1.807) is 0 Å². The Labute approximate surface area is 329 Å². The van der Waals surface area contributed by atoms with Crippen molar-refractivity contribution in [3.63, 3.8) is 0 Å². The zero-order valence-electron chi connectivity index (χ0n) is 30.8. The number of thioether (sulfide) groups is 1. The van der Waals surface area contributed by atoms with Crippen LogP contribution < -0.4 is 10.6 Å². The highest BCUT2D eigenvalue weighted by Crippen LogP contribution is 2.52. The standard InChI is InChI=1S/C52H44N2S/c1-3-9-35(10-4-1)36-23-27-42(28-24-36)48-34-49(54-52(53-48)44-11-5-2-6-12-44)43-29-25-40(26-30-43)38-17-15-37(16-18-38)39-19-21-41(22-20-39)45-31-32-51-47(33-45)46-13-7-8-14-50(46)55-51/h1-29,31-32,34,43,45,47,49,51-54H,30,33H2. The van der Waals surface area contributed by atoms with Crippen molar-refractivity contribution < 1.29 is 0 Å². The predicted octanol–water partition coefficient (Wildman–Crippen LogP) is 12.6. The number of rotatable bonds is 7. The molecule has 6 atom stereocenters. The van der Waals surface area contributed by atoms with Crippen LogP contribution in [0.3, 0.4) is 0 Å². The molecule has 3 heteroatoms. The Bertz CT molecular complexity index is 2410. The smallest absolute Gasteiger partial charge is 0.104 e. The van der Waals surface area contributed by atoms with Gasteiger partial charge in [-0.2, -0.15) is 0 Å². The van der Waals surface area contributed by atoms with Crippen LogP contribution in [0, 0.1) is 5.92 Å². The Morgan fingerprint density at radius 2 is 1.15 bits per heavy atom. The van der Waals surface area contributed by atoms with Gasteiger partial charge in [0.2, 0.25) is 0 Å². The van der Waals surface area contributed by atoms with E-state index in [9.17, 15) is 0 Å². The van der Waals surface area contributed by atoms with Crippen molar-refractivity contribution in [2.24, 2.45) is 5.92 Å². The molecule has 0 bridgehead atoms. The summed E-state index contributed by atoms with van der Waals surface area (Å²) in [5.41, 5.74) is 14.1. The number of benzene rings is 6. The summed E-state index contributed by atoms with van der Waals surface area (Å²) in [6.07, 6.45) is 16.6. The lowest BCUT2D eigenvalue weighted by Crippen LogP contribution is -2.46. The van der Waals surface area contributed by atoms with Gasteiger partial charge in [0.1, 0.15) is 6.17 Å². The summed E-state index contributed by atoms with van der Waals surface area (Å²) in [4.78, 5) is 1.46. The van der Waals surface area contributed by atoms with Gasteiger partial charge in [0, 0.05) is 33.7 Å². The SMILES string of the molecule is C1=CC(C2C=C(c3ccc(-c4ccccc4)cc3)NC(c3ccccc3)N2)CC=C1c1ccc(-c2ccc(C3C=CC4Sc5ccccc5C4C3)cc2)cc1. The van der Waals surface area contributed by atoms with Gasteiger partial charge in [0.15, 0.2) is 0 Å². The summed E-state index contributed by atoms with van der Waals surface area (Å²) in [5, 5.41) is 8.31. The highest BCUT2D eigenvalue weighted by atomic mass is 32.2. The van der Waals surface area contributed by atoms with Gasteiger partial charge in [-0.1, -0.05) is 182 Å². The third-order valence-corrected chi connectivity index (χ3v) is 13.3. The Kier molecular flexibility index (Phi) is 9.19. The molecule has 0 saturated heterocycles. The molecule has 2 aliphatic carbocycles. The lowest BCUT2D eigenvalue weighted by molar-refractivity contribution is 0.377. The summed E-state index contributed by atoms with van der Waals surface area (Å²) < 4.78 is 0. The molecular formula is C52H44N2S. The highest BCUT2D eigenvalue weighted by Gasteiger charge is 2.35. The first kappa shape index (κ1) is 33.9. The molecule has 0 aromatic heterocycles. The van der Waals surface area contributed by atoms with E-state index >= 15 is 0 Å².